The lowest BCUT2D eigenvalue weighted by molar-refractivity contribution is -0.120. The molecule has 19 heavy (non-hydrogen) atoms. The van der Waals surface area contributed by atoms with E-state index in [1.807, 2.05) is 30.3 Å². The van der Waals surface area contributed by atoms with E-state index in [-0.39, 0.29) is 5.91 Å². The van der Waals surface area contributed by atoms with E-state index in [1.54, 1.807) is 11.8 Å². The highest BCUT2D eigenvalue weighted by Crippen LogP contribution is 2.14. The van der Waals surface area contributed by atoms with Crippen LogP contribution in [0.4, 0.5) is 0 Å². The molecule has 0 heterocycles. The molecule has 98 valence electrons. The van der Waals surface area contributed by atoms with Crippen LogP contribution in [0.2, 0.25) is 0 Å². The first-order valence-electron chi connectivity index (χ1n) is 6.21. The predicted octanol–water partition coefficient (Wildman–Crippen LogP) is 3.27. The molecule has 0 aliphatic carbocycles. The Morgan fingerprint density at radius 1 is 1.00 bits per heavy atom. The van der Waals surface area contributed by atoms with Gasteiger partial charge in [0.2, 0.25) is 5.91 Å². The normalized spacial score (nSPS) is 10.2. The maximum absolute atomic E-state index is 11.8. The topological polar surface area (TPSA) is 29.1 Å². The first kappa shape index (κ1) is 13.7. The third-order valence-electron chi connectivity index (χ3n) is 2.86. The van der Waals surface area contributed by atoms with E-state index >= 15 is 0 Å². The van der Waals surface area contributed by atoms with Crippen LogP contribution in [-0.4, -0.2) is 12.2 Å². The zero-order valence-electron chi connectivity index (χ0n) is 10.9. The summed E-state index contributed by atoms with van der Waals surface area (Å²) in [5.41, 5.74) is 2.16. The van der Waals surface area contributed by atoms with Crippen LogP contribution < -0.4 is 5.32 Å². The van der Waals surface area contributed by atoms with Crippen LogP contribution in [0.3, 0.4) is 0 Å². The quantitative estimate of drug-likeness (QED) is 0.846. The monoisotopic (exact) mass is 271 g/mol. The SMILES string of the molecule is CSc1ccc(CNC(=O)Cc2ccccc2)cc1. The van der Waals surface area contributed by atoms with Gasteiger partial charge in [-0.3, -0.25) is 4.79 Å². The molecule has 0 spiro atoms. The van der Waals surface area contributed by atoms with Crippen LogP contribution in [-0.2, 0) is 17.8 Å². The minimum absolute atomic E-state index is 0.0557. The van der Waals surface area contributed by atoms with E-state index in [4.69, 9.17) is 0 Å². The Hall–Kier alpha value is -1.74. The van der Waals surface area contributed by atoms with E-state index in [9.17, 15) is 4.79 Å². The fourth-order valence-corrected chi connectivity index (χ4v) is 2.20. The molecule has 0 radical (unpaired) electrons. The molecular weight excluding hydrogens is 254 g/mol. The third kappa shape index (κ3) is 4.45. The second-order valence-electron chi connectivity index (χ2n) is 4.29. The molecule has 2 rings (SSSR count). The summed E-state index contributed by atoms with van der Waals surface area (Å²) in [4.78, 5) is 13.0. The van der Waals surface area contributed by atoms with Gasteiger partial charge in [-0.05, 0) is 29.5 Å². The molecule has 2 aromatic rings. The lowest BCUT2D eigenvalue weighted by Gasteiger charge is -2.06. The summed E-state index contributed by atoms with van der Waals surface area (Å²) in [7, 11) is 0. The molecule has 1 amide bonds. The summed E-state index contributed by atoms with van der Waals surface area (Å²) in [6.45, 7) is 0.584. The lowest BCUT2D eigenvalue weighted by Crippen LogP contribution is -2.24. The van der Waals surface area contributed by atoms with E-state index in [0.717, 1.165) is 11.1 Å². The van der Waals surface area contributed by atoms with E-state index in [2.05, 4.69) is 35.8 Å². The molecule has 0 aliphatic heterocycles. The summed E-state index contributed by atoms with van der Waals surface area (Å²) in [5.74, 6) is 0.0557. The Balaban J connectivity index is 1.83. The van der Waals surface area contributed by atoms with E-state index in [1.165, 1.54) is 4.90 Å². The van der Waals surface area contributed by atoms with Gasteiger partial charge in [0.25, 0.3) is 0 Å². The van der Waals surface area contributed by atoms with Crippen molar-refractivity contribution in [1.82, 2.24) is 5.32 Å². The molecule has 0 aliphatic rings. The van der Waals surface area contributed by atoms with E-state index in [0.29, 0.717) is 13.0 Å². The number of carbonyl (C=O) groups excluding carboxylic acids is 1. The van der Waals surface area contributed by atoms with Gasteiger partial charge in [-0.25, -0.2) is 0 Å². The second-order valence-corrected chi connectivity index (χ2v) is 5.17. The number of amides is 1. The molecule has 0 unspecified atom stereocenters. The van der Waals surface area contributed by atoms with Gasteiger partial charge in [-0.1, -0.05) is 42.5 Å². The molecule has 0 aromatic heterocycles. The Labute approximate surface area is 118 Å². The van der Waals surface area contributed by atoms with Gasteiger partial charge in [-0.2, -0.15) is 0 Å². The smallest absolute Gasteiger partial charge is 0.224 e. The average Bonchev–Trinajstić information content (AvgIpc) is 2.47. The van der Waals surface area contributed by atoms with Crippen molar-refractivity contribution in [3.05, 3.63) is 65.7 Å². The molecule has 2 nitrogen and oxygen atoms in total. The molecule has 0 bridgehead atoms. The molecule has 1 N–H and O–H groups in total. The van der Waals surface area contributed by atoms with Crippen LogP contribution in [0.5, 0.6) is 0 Å². The van der Waals surface area contributed by atoms with Crippen molar-refractivity contribution in [2.24, 2.45) is 0 Å². The average molecular weight is 271 g/mol. The van der Waals surface area contributed by atoms with Crippen LogP contribution >= 0.6 is 11.8 Å². The van der Waals surface area contributed by atoms with Crippen molar-refractivity contribution in [3.8, 4) is 0 Å². The number of carbonyl (C=O) groups is 1. The number of hydrogen-bond donors (Lipinski definition) is 1. The highest BCUT2D eigenvalue weighted by molar-refractivity contribution is 7.98. The highest BCUT2D eigenvalue weighted by atomic mass is 32.2. The van der Waals surface area contributed by atoms with Crippen molar-refractivity contribution >= 4 is 17.7 Å². The molecule has 3 heteroatoms. The number of thioether (sulfide) groups is 1. The predicted molar refractivity (Wildman–Crippen MR) is 80.2 cm³/mol. The van der Waals surface area contributed by atoms with Crippen molar-refractivity contribution < 1.29 is 4.79 Å². The van der Waals surface area contributed by atoms with Crippen molar-refractivity contribution in [3.63, 3.8) is 0 Å². The largest absolute Gasteiger partial charge is 0.352 e. The summed E-state index contributed by atoms with van der Waals surface area (Å²) < 4.78 is 0. The second kappa shape index (κ2) is 7.00. The van der Waals surface area contributed by atoms with Gasteiger partial charge in [0.1, 0.15) is 0 Å². The number of rotatable bonds is 5. The van der Waals surface area contributed by atoms with Crippen LogP contribution in [0, 0.1) is 0 Å². The standard InChI is InChI=1S/C16H17NOS/c1-19-15-9-7-14(8-10-15)12-17-16(18)11-13-5-3-2-4-6-13/h2-10H,11-12H2,1H3,(H,17,18). The Morgan fingerprint density at radius 3 is 2.32 bits per heavy atom. The Bertz CT molecular complexity index is 522. The first-order chi connectivity index (χ1) is 9.28. The number of hydrogen-bond acceptors (Lipinski definition) is 2. The maximum Gasteiger partial charge on any atom is 0.224 e. The van der Waals surface area contributed by atoms with Gasteiger partial charge in [0.05, 0.1) is 6.42 Å². The zero-order valence-corrected chi connectivity index (χ0v) is 11.7. The molecule has 0 atom stereocenters. The number of benzene rings is 2. The van der Waals surface area contributed by atoms with Crippen LogP contribution in [0.1, 0.15) is 11.1 Å². The highest BCUT2D eigenvalue weighted by Gasteiger charge is 2.02. The van der Waals surface area contributed by atoms with E-state index < -0.39 is 0 Å². The molecule has 0 fully saturated rings. The third-order valence-corrected chi connectivity index (χ3v) is 3.60. The molecule has 0 saturated heterocycles. The molecule has 2 aromatic carbocycles. The lowest BCUT2D eigenvalue weighted by atomic mass is 10.1. The van der Waals surface area contributed by atoms with Gasteiger partial charge in [-0.15, -0.1) is 11.8 Å². The summed E-state index contributed by atoms with van der Waals surface area (Å²) in [6.07, 6.45) is 2.49. The fourth-order valence-electron chi connectivity index (χ4n) is 1.79. The Morgan fingerprint density at radius 2 is 1.68 bits per heavy atom. The van der Waals surface area contributed by atoms with Crippen LogP contribution in [0.15, 0.2) is 59.5 Å². The number of nitrogens with one attached hydrogen (secondary N) is 1. The van der Waals surface area contributed by atoms with Gasteiger partial charge < -0.3 is 5.32 Å². The van der Waals surface area contributed by atoms with Gasteiger partial charge in [0.15, 0.2) is 0 Å². The fraction of sp³-hybridized carbons (Fsp3) is 0.188. The first-order valence-corrected chi connectivity index (χ1v) is 7.44. The minimum atomic E-state index is 0.0557. The molecular formula is C16H17NOS. The Kier molecular flexibility index (Phi) is 5.04. The maximum atomic E-state index is 11.8. The minimum Gasteiger partial charge on any atom is -0.352 e. The van der Waals surface area contributed by atoms with Crippen molar-refractivity contribution in [2.75, 3.05) is 6.26 Å². The summed E-state index contributed by atoms with van der Waals surface area (Å²) in [6, 6.07) is 18.0. The van der Waals surface area contributed by atoms with Crippen LogP contribution in [0.25, 0.3) is 0 Å². The van der Waals surface area contributed by atoms with Crippen molar-refractivity contribution in [2.45, 2.75) is 17.9 Å². The van der Waals surface area contributed by atoms with Crippen molar-refractivity contribution in [1.29, 1.82) is 0 Å². The summed E-state index contributed by atoms with van der Waals surface area (Å²) >= 11 is 1.72. The van der Waals surface area contributed by atoms with Gasteiger partial charge in [0, 0.05) is 11.4 Å². The summed E-state index contributed by atoms with van der Waals surface area (Å²) in [5, 5.41) is 2.94. The van der Waals surface area contributed by atoms with Gasteiger partial charge >= 0.3 is 0 Å². The molecule has 0 saturated carbocycles. The zero-order chi connectivity index (χ0) is 13.5.